The summed E-state index contributed by atoms with van der Waals surface area (Å²) < 4.78 is 0. The van der Waals surface area contributed by atoms with E-state index in [-0.39, 0.29) is 6.42 Å². The molecule has 0 aliphatic carbocycles. The lowest BCUT2D eigenvalue weighted by Gasteiger charge is -2.23. The lowest BCUT2D eigenvalue weighted by molar-refractivity contribution is -0.145. The van der Waals surface area contributed by atoms with Crippen molar-refractivity contribution in [3.8, 4) is 0 Å². The lowest BCUT2D eigenvalue weighted by atomic mass is 10.1. The second-order valence-electron chi connectivity index (χ2n) is 5.61. The Kier molecular flexibility index (Phi) is 7.68. The largest absolute Gasteiger partial charge is 0.481 e. The molecule has 0 aromatic carbocycles. The number of aromatic amines is 1. The van der Waals surface area contributed by atoms with Gasteiger partial charge in [0.25, 0.3) is 0 Å². The van der Waals surface area contributed by atoms with E-state index in [4.69, 9.17) is 15.9 Å². The highest BCUT2D eigenvalue weighted by Crippen LogP contribution is 2.02. The summed E-state index contributed by atoms with van der Waals surface area (Å²) in [7, 11) is 0. The maximum absolute atomic E-state index is 12.4. The summed E-state index contributed by atoms with van der Waals surface area (Å²) in [5.74, 6) is -4.52. The third-order valence-electron chi connectivity index (χ3n) is 3.39. The van der Waals surface area contributed by atoms with Crippen molar-refractivity contribution in [3.05, 3.63) is 18.2 Å². The standard InChI is InChI=1S/C14H21N5O7/c1-6(20)11(14(25)26)19-13(24)9(2-7-4-16-5-17-7)18-12(23)8(15)3-10(21)22/h4-6,8-9,11,20H,2-3,15H2,1H3,(H,16,17)(H,18,23)(H,19,24)(H,21,22)(H,25,26). The molecule has 0 saturated carbocycles. The summed E-state index contributed by atoms with van der Waals surface area (Å²) in [6, 6.07) is -4.24. The molecule has 12 nitrogen and oxygen atoms in total. The van der Waals surface area contributed by atoms with Gasteiger partial charge in [0.2, 0.25) is 11.8 Å². The number of aliphatic carboxylic acids is 2. The summed E-state index contributed by atoms with van der Waals surface area (Å²) in [6.45, 7) is 1.18. The molecule has 0 aliphatic rings. The fourth-order valence-corrected chi connectivity index (χ4v) is 2.03. The van der Waals surface area contributed by atoms with E-state index in [9.17, 15) is 24.3 Å². The van der Waals surface area contributed by atoms with Crippen LogP contribution in [0.5, 0.6) is 0 Å². The van der Waals surface area contributed by atoms with Crippen LogP contribution in [0.4, 0.5) is 0 Å². The number of nitrogens with one attached hydrogen (secondary N) is 3. The van der Waals surface area contributed by atoms with E-state index >= 15 is 0 Å². The van der Waals surface area contributed by atoms with E-state index in [0.717, 1.165) is 0 Å². The number of nitrogens with two attached hydrogens (primary N) is 1. The average Bonchev–Trinajstić information content (AvgIpc) is 3.03. The number of carboxylic acid groups (broad SMARTS) is 2. The first-order valence-corrected chi connectivity index (χ1v) is 7.58. The molecule has 0 fully saturated rings. The Bertz CT molecular complexity index is 646. The molecule has 8 N–H and O–H groups in total. The minimum atomic E-state index is -1.59. The zero-order chi connectivity index (χ0) is 19.9. The second kappa shape index (κ2) is 9.48. The van der Waals surface area contributed by atoms with Crippen molar-refractivity contribution in [2.24, 2.45) is 5.73 Å². The molecule has 4 unspecified atom stereocenters. The van der Waals surface area contributed by atoms with E-state index in [2.05, 4.69) is 20.6 Å². The molecule has 0 spiro atoms. The predicted molar refractivity (Wildman–Crippen MR) is 85.7 cm³/mol. The van der Waals surface area contributed by atoms with Crippen LogP contribution in [0.15, 0.2) is 12.5 Å². The van der Waals surface area contributed by atoms with Gasteiger partial charge in [-0.05, 0) is 6.92 Å². The smallest absolute Gasteiger partial charge is 0.328 e. The number of aliphatic hydroxyl groups is 1. The molecule has 1 aromatic rings. The number of nitrogens with zero attached hydrogens (tertiary/aromatic N) is 1. The maximum atomic E-state index is 12.4. The highest BCUT2D eigenvalue weighted by Gasteiger charge is 2.31. The van der Waals surface area contributed by atoms with Crippen molar-refractivity contribution in [1.29, 1.82) is 0 Å². The Morgan fingerprint density at radius 1 is 1.23 bits per heavy atom. The van der Waals surface area contributed by atoms with Gasteiger partial charge >= 0.3 is 11.9 Å². The van der Waals surface area contributed by atoms with Gasteiger partial charge < -0.3 is 36.7 Å². The van der Waals surface area contributed by atoms with Gasteiger partial charge in [-0.2, -0.15) is 0 Å². The first-order valence-electron chi connectivity index (χ1n) is 7.58. The monoisotopic (exact) mass is 371 g/mol. The Hall–Kier alpha value is -2.99. The topological polar surface area (TPSA) is 208 Å². The van der Waals surface area contributed by atoms with Gasteiger partial charge in [-0.15, -0.1) is 0 Å². The third-order valence-corrected chi connectivity index (χ3v) is 3.39. The van der Waals surface area contributed by atoms with Gasteiger partial charge in [0.05, 0.1) is 24.9 Å². The van der Waals surface area contributed by atoms with Crippen LogP contribution in [0.1, 0.15) is 19.0 Å². The van der Waals surface area contributed by atoms with Crippen LogP contribution >= 0.6 is 0 Å². The maximum Gasteiger partial charge on any atom is 0.328 e. The normalized spacial score (nSPS) is 15.3. The highest BCUT2D eigenvalue weighted by atomic mass is 16.4. The van der Waals surface area contributed by atoms with Crippen LogP contribution in [-0.4, -0.2) is 73.3 Å². The van der Waals surface area contributed by atoms with Gasteiger partial charge in [0, 0.05) is 18.3 Å². The van der Waals surface area contributed by atoms with E-state index in [1.165, 1.54) is 19.4 Å². The fourth-order valence-electron chi connectivity index (χ4n) is 2.03. The number of rotatable bonds is 10. The average molecular weight is 371 g/mol. The SMILES string of the molecule is CC(O)C(NC(=O)C(Cc1cnc[nH]1)NC(=O)C(N)CC(=O)O)C(=O)O. The van der Waals surface area contributed by atoms with Gasteiger partial charge in [-0.3, -0.25) is 14.4 Å². The fraction of sp³-hybridized carbons (Fsp3) is 0.500. The molecule has 2 amide bonds. The van der Waals surface area contributed by atoms with Crippen LogP contribution in [0, 0.1) is 0 Å². The second-order valence-corrected chi connectivity index (χ2v) is 5.61. The first-order chi connectivity index (χ1) is 12.1. The summed E-state index contributed by atoms with van der Waals surface area (Å²) in [6.07, 6.45) is 0.638. The zero-order valence-corrected chi connectivity index (χ0v) is 13.9. The molecule has 0 radical (unpaired) electrons. The van der Waals surface area contributed by atoms with Gasteiger partial charge in [-0.1, -0.05) is 0 Å². The molecule has 0 saturated heterocycles. The first kappa shape index (κ1) is 21.1. The number of amides is 2. The molecule has 1 aromatic heterocycles. The minimum absolute atomic E-state index is 0.0798. The molecule has 0 bridgehead atoms. The summed E-state index contributed by atoms with van der Waals surface area (Å²) in [5, 5.41) is 31.6. The van der Waals surface area contributed by atoms with Crippen LogP contribution in [-0.2, 0) is 25.6 Å². The summed E-state index contributed by atoms with van der Waals surface area (Å²) in [4.78, 5) is 52.6. The van der Waals surface area contributed by atoms with Gasteiger partial charge in [0.1, 0.15) is 6.04 Å². The van der Waals surface area contributed by atoms with Crippen molar-refractivity contribution in [3.63, 3.8) is 0 Å². The Morgan fingerprint density at radius 2 is 1.88 bits per heavy atom. The van der Waals surface area contributed by atoms with E-state index in [1.54, 1.807) is 0 Å². The Labute approximate surface area is 147 Å². The molecule has 1 heterocycles. The Morgan fingerprint density at radius 3 is 2.35 bits per heavy atom. The molecule has 4 atom stereocenters. The van der Waals surface area contributed by atoms with E-state index in [0.29, 0.717) is 5.69 Å². The minimum Gasteiger partial charge on any atom is -0.481 e. The van der Waals surface area contributed by atoms with Crippen LogP contribution < -0.4 is 16.4 Å². The molecule has 1 rings (SSSR count). The number of carboxylic acids is 2. The quantitative estimate of drug-likeness (QED) is 0.226. The molecule has 0 aliphatic heterocycles. The van der Waals surface area contributed by atoms with Gasteiger partial charge in [-0.25, -0.2) is 9.78 Å². The summed E-state index contributed by atoms with van der Waals surface area (Å²) >= 11 is 0. The van der Waals surface area contributed by atoms with Gasteiger partial charge in [0.15, 0.2) is 6.04 Å². The number of hydrogen-bond acceptors (Lipinski definition) is 7. The molecule has 12 heteroatoms. The zero-order valence-electron chi connectivity index (χ0n) is 13.9. The number of carbonyl (C=O) groups is 4. The number of aromatic nitrogens is 2. The van der Waals surface area contributed by atoms with Crippen molar-refractivity contribution in [2.45, 2.75) is 44.0 Å². The number of imidazole rings is 1. The van der Waals surface area contributed by atoms with Crippen LogP contribution in [0.2, 0.25) is 0 Å². The molecular weight excluding hydrogens is 350 g/mol. The van der Waals surface area contributed by atoms with E-state index in [1.807, 2.05) is 0 Å². The van der Waals surface area contributed by atoms with Crippen molar-refractivity contribution in [1.82, 2.24) is 20.6 Å². The van der Waals surface area contributed by atoms with Crippen LogP contribution in [0.25, 0.3) is 0 Å². The number of aliphatic hydroxyl groups excluding tert-OH is 1. The molecular formula is C14H21N5O7. The van der Waals surface area contributed by atoms with Crippen molar-refractivity contribution in [2.75, 3.05) is 0 Å². The van der Waals surface area contributed by atoms with Crippen molar-refractivity contribution < 1.29 is 34.5 Å². The van der Waals surface area contributed by atoms with Crippen LogP contribution in [0.3, 0.4) is 0 Å². The predicted octanol–water partition coefficient (Wildman–Crippen LogP) is -2.81. The molecule has 144 valence electrons. The van der Waals surface area contributed by atoms with E-state index < -0.39 is 54.4 Å². The molecule has 26 heavy (non-hydrogen) atoms. The van der Waals surface area contributed by atoms with Crippen molar-refractivity contribution >= 4 is 23.8 Å². The Balaban J connectivity index is 2.90. The third kappa shape index (κ3) is 6.49. The number of carbonyl (C=O) groups excluding carboxylic acids is 2. The lowest BCUT2D eigenvalue weighted by Crippen LogP contribution is -2.57. The number of hydrogen-bond donors (Lipinski definition) is 7. The number of H-pyrrole nitrogens is 1. The highest BCUT2D eigenvalue weighted by molar-refractivity contribution is 5.93. The summed E-state index contributed by atoms with van der Waals surface area (Å²) in [5.41, 5.74) is 5.92.